The van der Waals surface area contributed by atoms with E-state index in [1.807, 2.05) is 0 Å². The Bertz CT molecular complexity index is 849. The van der Waals surface area contributed by atoms with Gasteiger partial charge in [0.05, 0.1) is 0 Å². The molecule has 1 amide bonds. The van der Waals surface area contributed by atoms with Crippen LogP contribution >= 0.6 is 22.9 Å². The Hall–Kier alpha value is -2.36. The molecule has 0 fully saturated rings. The van der Waals surface area contributed by atoms with Crippen LogP contribution in [0.15, 0.2) is 28.8 Å². The van der Waals surface area contributed by atoms with Gasteiger partial charge in [-0.3, -0.25) is 4.79 Å². The summed E-state index contributed by atoms with van der Waals surface area (Å²) in [5, 5.41) is 16.1. The summed E-state index contributed by atoms with van der Waals surface area (Å²) in [4.78, 5) is 16.2. The van der Waals surface area contributed by atoms with Gasteiger partial charge in [0, 0.05) is 30.5 Å². The van der Waals surface area contributed by atoms with Gasteiger partial charge in [0.2, 0.25) is 22.8 Å². The number of carbonyl (C=O) groups excluding carboxylic acids is 1. The summed E-state index contributed by atoms with van der Waals surface area (Å²) in [7, 11) is 1.57. The minimum absolute atomic E-state index is 0.196. The van der Waals surface area contributed by atoms with Crippen molar-refractivity contribution in [2.45, 2.75) is 19.4 Å². The molecule has 0 atom stereocenters. The minimum atomic E-state index is -0.202. The summed E-state index contributed by atoms with van der Waals surface area (Å²) < 4.78 is 10.1. The van der Waals surface area contributed by atoms with Crippen LogP contribution in [0, 0.1) is 0 Å². The third-order valence-electron chi connectivity index (χ3n) is 3.12. The second-order valence-electron chi connectivity index (χ2n) is 5.00. The Labute approximate surface area is 152 Å². The number of nitrogens with one attached hydrogen (secondary N) is 1. The molecule has 0 saturated heterocycles. The van der Waals surface area contributed by atoms with Crippen molar-refractivity contribution >= 4 is 34.0 Å². The van der Waals surface area contributed by atoms with Gasteiger partial charge in [-0.15, -0.1) is 10.2 Å². The fraction of sp³-hybridized carbons (Fsp3) is 0.267. The molecule has 3 rings (SSSR count). The molecule has 3 aromatic rings. The molecule has 0 aliphatic carbocycles. The first-order valence-corrected chi connectivity index (χ1v) is 8.53. The summed E-state index contributed by atoms with van der Waals surface area (Å²) in [6.07, 6.45) is 0.525. The number of carbonyl (C=O) groups is 1. The molecule has 10 heteroatoms. The van der Waals surface area contributed by atoms with Crippen LogP contribution in [-0.4, -0.2) is 33.4 Å². The molecule has 0 saturated carbocycles. The third-order valence-corrected chi connectivity index (χ3v) is 4.18. The molecule has 0 unspecified atom stereocenters. The van der Waals surface area contributed by atoms with E-state index in [-0.39, 0.29) is 12.3 Å². The Morgan fingerprint density at radius 1 is 1.32 bits per heavy atom. The maximum Gasteiger partial charge on any atom is 0.227 e. The highest BCUT2D eigenvalue weighted by Crippen LogP contribution is 2.19. The topological polar surface area (TPSA) is 103 Å². The molecular weight excluding hydrogens is 366 g/mol. The maximum atomic E-state index is 12.0. The van der Waals surface area contributed by atoms with Crippen molar-refractivity contribution in [2.24, 2.45) is 0 Å². The van der Waals surface area contributed by atoms with Crippen LogP contribution in [0.1, 0.15) is 17.3 Å². The average molecular weight is 380 g/mol. The first-order chi connectivity index (χ1) is 12.1. The largest absolute Gasteiger partial charge is 0.377 e. The molecule has 2 aromatic heterocycles. The quantitative estimate of drug-likeness (QED) is 0.673. The average Bonchev–Trinajstić information content (AvgIpc) is 3.24. The van der Waals surface area contributed by atoms with Gasteiger partial charge in [0.1, 0.15) is 11.6 Å². The van der Waals surface area contributed by atoms with E-state index in [0.29, 0.717) is 39.9 Å². The number of aryl methyl sites for hydroxylation is 1. The lowest BCUT2D eigenvalue weighted by atomic mass is 10.2. The zero-order valence-electron chi connectivity index (χ0n) is 13.2. The molecular formula is C15H14ClN5O3S. The fourth-order valence-corrected chi connectivity index (χ4v) is 2.81. The van der Waals surface area contributed by atoms with Crippen molar-refractivity contribution in [3.8, 4) is 11.4 Å². The summed E-state index contributed by atoms with van der Waals surface area (Å²) >= 11 is 7.12. The molecule has 25 heavy (non-hydrogen) atoms. The lowest BCUT2D eigenvalue weighted by Gasteiger charge is -1.98. The van der Waals surface area contributed by atoms with Crippen molar-refractivity contribution < 1.29 is 14.1 Å². The molecule has 1 N–H and O–H groups in total. The van der Waals surface area contributed by atoms with E-state index in [0.717, 1.165) is 5.56 Å². The predicted molar refractivity (Wildman–Crippen MR) is 92.3 cm³/mol. The molecule has 0 aliphatic rings. The number of hydrogen-bond acceptors (Lipinski definition) is 8. The zero-order chi connectivity index (χ0) is 17.6. The Morgan fingerprint density at radius 3 is 2.88 bits per heavy atom. The van der Waals surface area contributed by atoms with E-state index in [2.05, 4.69) is 25.7 Å². The number of ether oxygens (including phenoxy) is 1. The number of anilines is 1. The predicted octanol–water partition coefficient (Wildman–Crippen LogP) is 2.96. The second-order valence-corrected chi connectivity index (χ2v) is 6.50. The van der Waals surface area contributed by atoms with Gasteiger partial charge in [-0.1, -0.05) is 28.1 Å². The van der Waals surface area contributed by atoms with E-state index >= 15 is 0 Å². The SMILES string of the molecule is COCc1nnc(NC(=O)CCc2nc(-c3ccc(Cl)cc3)no2)s1. The molecule has 0 aliphatic heterocycles. The smallest absolute Gasteiger partial charge is 0.227 e. The van der Waals surface area contributed by atoms with Crippen molar-refractivity contribution in [3.63, 3.8) is 0 Å². The second kappa shape index (κ2) is 8.15. The number of rotatable bonds is 7. The van der Waals surface area contributed by atoms with Crippen molar-refractivity contribution in [2.75, 3.05) is 12.4 Å². The van der Waals surface area contributed by atoms with Crippen molar-refractivity contribution in [3.05, 3.63) is 40.2 Å². The zero-order valence-corrected chi connectivity index (χ0v) is 14.8. The van der Waals surface area contributed by atoms with Crippen LogP contribution in [0.4, 0.5) is 5.13 Å². The van der Waals surface area contributed by atoms with Crippen LogP contribution in [0.5, 0.6) is 0 Å². The van der Waals surface area contributed by atoms with Crippen LogP contribution < -0.4 is 5.32 Å². The van der Waals surface area contributed by atoms with Crippen LogP contribution in [0.25, 0.3) is 11.4 Å². The van der Waals surface area contributed by atoms with E-state index < -0.39 is 0 Å². The Morgan fingerprint density at radius 2 is 2.12 bits per heavy atom. The number of methoxy groups -OCH3 is 1. The number of hydrogen-bond donors (Lipinski definition) is 1. The lowest BCUT2D eigenvalue weighted by molar-refractivity contribution is -0.116. The van der Waals surface area contributed by atoms with Crippen LogP contribution in [0.2, 0.25) is 5.02 Å². The molecule has 0 bridgehead atoms. The van der Waals surface area contributed by atoms with Crippen LogP contribution in [0.3, 0.4) is 0 Å². The standard InChI is InChI=1S/C15H14ClN5O3S/c1-23-8-13-19-20-15(25-13)17-11(22)6-7-12-18-14(21-24-12)9-2-4-10(16)5-3-9/h2-5H,6-8H2,1H3,(H,17,20,22). The summed E-state index contributed by atoms with van der Waals surface area (Å²) in [5.41, 5.74) is 0.795. The van der Waals surface area contributed by atoms with Gasteiger partial charge in [-0.25, -0.2) is 0 Å². The van der Waals surface area contributed by atoms with Gasteiger partial charge in [0.15, 0.2) is 0 Å². The molecule has 2 heterocycles. The van der Waals surface area contributed by atoms with Gasteiger partial charge in [-0.05, 0) is 24.3 Å². The highest BCUT2D eigenvalue weighted by Gasteiger charge is 2.12. The summed E-state index contributed by atoms with van der Waals surface area (Å²) in [6.45, 7) is 0.364. The fourth-order valence-electron chi connectivity index (χ4n) is 1.96. The van der Waals surface area contributed by atoms with Crippen molar-refractivity contribution in [1.29, 1.82) is 0 Å². The first-order valence-electron chi connectivity index (χ1n) is 7.34. The van der Waals surface area contributed by atoms with Gasteiger partial charge in [0.25, 0.3) is 0 Å². The molecule has 130 valence electrons. The van der Waals surface area contributed by atoms with E-state index in [4.69, 9.17) is 20.9 Å². The van der Waals surface area contributed by atoms with E-state index in [9.17, 15) is 4.79 Å². The number of nitrogens with zero attached hydrogens (tertiary/aromatic N) is 4. The highest BCUT2D eigenvalue weighted by molar-refractivity contribution is 7.15. The Kier molecular flexibility index (Phi) is 5.69. The molecule has 0 radical (unpaired) electrons. The van der Waals surface area contributed by atoms with Gasteiger partial charge < -0.3 is 14.6 Å². The third kappa shape index (κ3) is 4.81. The highest BCUT2D eigenvalue weighted by atomic mass is 35.5. The maximum absolute atomic E-state index is 12.0. The monoisotopic (exact) mass is 379 g/mol. The molecule has 1 aromatic carbocycles. The lowest BCUT2D eigenvalue weighted by Crippen LogP contribution is -2.12. The number of amides is 1. The van der Waals surface area contributed by atoms with E-state index in [1.165, 1.54) is 11.3 Å². The van der Waals surface area contributed by atoms with Gasteiger partial charge in [-0.2, -0.15) is 4.98 Å². The number of aromatic nitrogens is 4. The Balaban J connectivity index is 1.52. The number of halogens is 1. The minimum Gasteiger partial charge on any atom is -0.377 e. The van der Waals surface area contributed by atoms with Gasteiger partial charge >= 0.3 is 0 Å². The first kappa shape index (κ1) is 17.5. The summed E-state index contributed by atoms with van der Waals surface area (Å²) in [5.74, 6) is 0.643. The number of benzene rings is 1. The summed E-state index contributed by atoms with van der Waals surface area (Å²) in [6, 6.07) is 7.11. The van der Waals surface area contributed by atoms with Crippen molar-refractivity contribution in [1.82, 2.24) is 20.3 Å². The molecule has 8 nitrogen and oxygen atoms in total. The normalized spacial score (nSPS) is 10.8. The van der Waals surface area contributed by atoms with Crippen LogP contribution in [-0.2, 0) is 22.6 Å². The molecule has 0 spiro atoms. The van der Waals surface area contributed by atoms with E-state index in [1.54, 1.807) is 31.4 Å².